The summed E-state index contributed by atoms with van der Waals surface area (Å²) < 4.78 is 5.94. The first-order chi connectivity index (χ1) is 12.8. The van der Waals surface area contributed by atoms with Gasteiger partial charge in [-0.05, 0) is 66.0 Å². The number of benzene rings is 1. The highest BCUT2D eigenvalue weighted by molar-refractivity contribution is 5.79. The number of rotatable bonds is 7. The van der Waals surface area contributed by atoms with Gasteiger partial charge in [-0.1, -0.05) is 53.7 Å². The van der Waals surface area contributed by atoms with Crippen LogP contribution in [0.4, 0.5) is 0 Å². The molecular weight excluding hydrogens is 330 g/mol. The van der Waals surface area contributed by atoms with E-state index in [1.54, 1.807) is 0 Å². The molecule has 0 radical (unpaired) electrons. The summed E-state index contributed by atoms with van der Waals surface area (Å²) in [7, 11) is 0. The van der Waals surface area contributed by atoms with Crippen molar-refractivity contribution in [3.63, 3.8) is 0 Å². The highest BCUT2D eigenvalue weighted by atomic mass is 16.3. The molecule has 2 aromatic heterocycles. The fourth-order valence-corrected chi connectivity index (χ4v) is 3.56. The second kappa shape index (κ2) is 8.29. The smallest absolute Gasteiger partial charge is 0.134 e. The van der Waals surface area contributed by atoms with Crippen LogP contribution in [0.2, 0.25) is 0 Å². The second-order valence-electron chi connectivity index (χ2n) is 8.65. The van der Waals surface area contributed by atoms with Crippen LogP contribution in [0.3, 0.4) is 0 Å². The molecule has 2 nitrogen and oxygen atoms in total. The van der Waals surface area contributed by atoms with Gasteiger partial charge in [0.1, 0.15) is 11.3 Å². The number of pyridine rings is 1. The molecule has 1 aromatic carbocycles. The van der Waals surface area contributed by atoms with Gasteiger partial charge in [0.05, 0.1) is 0 Å². The third kappa shape index (κ3) is 4.61. The molecule has 2 heterocycles. The Bertz CT molecular complexity index is 873. The quantitative estimate of drug-likeness (QED) is 0.428. The molecule has 0 bridgehead atoms. The second-order valence-corrected chi connectivity index (χ2v) is 8.65. The van der Waals surface area contributed by atoms with E-state index in [2.05, 4.69) is 89.1 Å². The van der Waals surface area contributed by atoms with Crippen LogP contribution in [0.15, 0.2) is 47.0 Å². The third-order valence-electron chi connectivity index (χ3n) is 5.70. The van der Waals surface area contributed by atoms with Crippen molar-refractivity contribution < 1.29 is 4.42 Å². The Labute approximate surface area is 164 Å². The van der Waals surface area contributed by atoms with E-state index in [-0.39, 0.29) is 0 Å². The van der Waals surface area contributed by atoms with Crippen molar-refractivity contribution in [2.45, 2.75) is 78.1 Å². The molecule has 3 rings (SSSR count). The standard InChI is InChI=1S/C25H33NO/c1-16(2)23-11-9-21(15-26-23)19(6)8-7-18(5)20-10-12-24-22(13-20)14-25(27-24)17(3)4/h9-19H,7-8H2,1-6H3. The van der Waals surface area contributed by atoms with E-state index in [1.807, 2.05) is 0 Å². The molecule has 0 aliphatic heterocycles. The molecule has 0 spiro atoms. The van der Waals surface area contributed by atoms with Crippen LogP contribution < -0.4 is 0 Å². The van der Waals surface area contributed by atoms with E-state index < -0.39 is 0 Å². The van der Waals surface area contributed by atoms with Crippen molar-refractivity contribution in [1.29, 1.82) is 0 Å². The predicted molar refractivity (Wildman–Crippen MR) is 115 cm³/mol. The van der Waals surface area contributed by atoms with Gasteiger partial charge in [-0.2, -0.15) is 0 Å². The minimum atomic E-state index is 0.426. The van der Waals surface area contributed by atoms with Crippen LogP contribution in [0.1, 0.15) is 101 Å². The Kier molecular flexibility index (Phi) is 6.04. The summed E-state index contributed by atoms with van der Waals surface area (Å²) in [5, 5.41) is 1.23. The third-order valence-corrected chi connectivity index (χ3v) is 5.70. The van der Waals surface area contributed by atoms with E-state index in [9.17, 15) is 0 Å². The summed E-state index contributed by atoms with van der Waals surface area (Å²) >= 11 is 0. The van der Waals surface area contributed by atoms with Gasteiger partial charge in [-0.25, -0.2) is 0 Å². The van der Waals surface area contributed by atoms with Crippen LogP contribution in [0.5, 0.6) is 0 Å². The van der Waals surface area contributed by atoms with Crippen LogP contribution in [-0.2, 0) is 0 Å². The Morgan fingerprint density at radius 1 is 0.778 bits per heavy atom. The molecule has 0 fully saturated rings. The fraction of sp³-hybridized carbons (Fsp3) is 0.480. The predicted octanol–water partition coefficient (Wildman–Crippen LogP) is 7.76. The first kappa shape index (κ1) is 19.7. The highest BCUT2D eigenvalue weighted by Gasteiger charge is 2.13. The van der Waals surface area contributed by atoms with Gasteiger partial charge in [0.2, 0.25) is 0 Å². The zero-order chi connectivity index (χ0) is 19.6. The van der Waals surface area contributed by atoms with Crippen molar-refractivity contribution in [2.24, 2.45) is 0 Å². The van der Waals surface area contributed by atoms with E-state index in [0.29, 0.717) is 23.7 Å². The lowest BCUT2D eigenvalue weighted by Crippen LogP contribution is -2.01. The SMILES string of the molecule is CC(C)c1ccc(C(C)CCC(C)c2ccc3oc(C(C)C)cc3c2)cn1. The van der Waals surface area contributed by atoms with Crippen LogP contribution in [-0.4, -0.2) is 4.98 Å². The molecule has 27 heavy (non-hydrogen) atoms. The fourth-order valence-electron chi connectivity index (χ4n) is 3.56. The summed E-state index contributed by atoms with van der Waals surface area (Å²) in [6, 6.07) is 13.3. The maximum absolute atomic E-state index is 5.94. The molecule has 2 unspecified atom stereocenters. The number of hydrogen-bond acceptors (Lipinski definition) is 2. The molecule has 2 heteroatoms. The molecule has 0 saturated heterocycles. The molecule has 0 aliphatic rings. The van der Waals surface area contributed by atoms with Crippen molar-refractivity contribution in [2.75, 3.05) is 0 Å². The minimum Gasteiger partial charge on any atom is -0.461 e. The number of nitrogens with zero attached hydrogens (tertiary/aromatic N) is 1. The summed E-state index contributed by atoms with van der Waals surface area (Å²) in [4.78, 5) is 4.62. The van der Waals surface area contributed by atoms with Crippen molar-refractivity contribution in [3.05, 3.63) is 65.2 Å². The van der Waals surface area contributed by atoms with Gasteiger partial charge < -0.3 is 4.42 Å². The lowest BCUT2D eigenvalue weighted by atomic mass is 9.89. The average molecular weight is 364 g/mol. The molecule has 0 N–H and O–H groups in total. The maximum atomic E-state index is 5.94. The summed E-state index contributed by atoms with van der Waals surface area (Å²) in [5.74, 6) is 3.06. The van der Waals surface area contributed by atoms with Crippen molar-refractivity contribution >= 4 is 11.0 Å². The normalized spacial score (nSPS) is 14.2. The molecule has 0 amide bonds. The first-order valence-corrected chi connectivity index (χ1v) is 10.3. The van der Waals surface area contributed by atoms with Crippen molar-refractivity contribution in [1.82, 2.24) is 4.98 Å². The number of aromatic nitrogens is 1. The maximum Gasteiger partial charge on any atom is 0.134 e. The van der Waals surface area contributed by atoms with E-state index in [4.69, 9.17) is 4.42 Å². The minimum absolute atomic E-state index is 0.426. The Morgan fingerprint density at radius 3 is 2.04 bits per heavy atom. The number of hydrogen-bond donors (Lipinski definition) is 0. The van der Waals surface area contributed by atoms with Gasteiger partial charge in [-0.3, -0.25) is 4.98 Å². The lowest BCUT2D eigenvalue weighted by molar-refractivity contribution is 0.521. The van der Waals surface area contributed by atoms with Crippen LogP contribution in [0.25, 0.3) is 11.0 Å². The van der Waals surface area contributed by atoms with Crippen LogP contribution >= 0.6 is 0 Å². The molecular formula is C25H33NO. The van der Waals surface area contributed by atoms with Gasteiger partial charge >= 0.3 is 0 Å². The molecule has 144 valence electrons. The topological polar surface area (TPSA) is 26.0 Å². The molecule has 2 atom stereocenters. The van der Waals surface area contributed by atoms with Crippen LogP contribution in [0, 0.1) is 0 Å². The zero-order valence-corrected chi connectivity index (χ0v) is 17.6. The summed E-state index contributed by atoms with van der Waals surface area (Å²) in [6.07, 6.45) is 4.41. The Balaban J connectivity index is 1.64. The lowest BCUT2D eigenvalue weighted by Gasteiger charge is -2.17. The van der Waals surface area contributed by atoms with Gasteiger partial charge in [0.25, 0.3) is 0 Å². The summed E-state index contributed by atoms with van der Waals surface area (Å²) in [6.45, 7) is 13.4. The van der Waals surface area contributed by atoms with E-state index in [1.165, 1.54) is 35.0 Å². The molecule has 0 saturated carbocycles. The van der Waals surface area contributed by atoms with Gasteiger partial charge in [0, 0.05) is 23.2 Å². The van der Waals surface area contributed by atoms with E-state index in [0.717, 1.165) is 11.3 Å². The zero-order valence-electron chi connectivity index (χ0n) is 17.6. The number of furan rings is 1. The number of fused-ring (bicyclic) bond motifs is 1. The Morgan fingerprint density at radius 2 is 1.44 bits per heavy atom. The van der Waals surface area contributed by atoms with Gasteiger partial charge in [-0.15, -0.1) is 0 Å². The van der Waals surface area contributed by atoms with E-state index >= 15 is 0 Å². The summed E-state index contributed by atoms with van der Waals surface area (Å²) in [5.41, 5.74) is 4.92. The largest absolute Gasteiger partial charge is 0.461 e. The first-order valence-electron chi connectivity index (χ1n) is 10.3. The van der Waals surface area contributed by atoms with Crippen molar-refractivity contribution in [3.8, 4) is 0 Å². The Hall–Kier alpha value is -2.09. The molecule has 3 aromatic rings. The average Bonchev–Trinajstić information content (AvgIpc) is 3.09. The monoisotopic (exact) mass is 363 g/mol. The molecule has 0 aliphatic carbocycles. The van der Waals surface area contributed by atoms with Gasteiger partial charge in [0.15, 0.2) is 0 Å². The highest BCUT2D eigenvalue weighted by Crippen LogP contribution is 2.31.